The summed E-state index contributed by atoms with van der Waals surface area (Å²) in [5.41, 5.74) is 5.05. The fourth-order valence-corrected chi connectivity index (χ4v) is 1.24. The number of rotatable bonds is 10. The van der Waals surface area contributed by atoms with Crippen LogP contribution in [0.15, 0.2) is 0 Å². The average Bonchev–Trinajstić information content (AvgIpc) is 2.20. The van der Waals surface area contributed by atoms with Crippen LogP contribution in [0, 0.1) is 0 Å². The van der Waals surface area contributed by atoms with Crippen molar-refractivity contribution >= 4 is 5.91 Å². The molecule has 0 aromatic rings. The molecule has 5 heteroatoms. The van der Waals surface area contributed by atoms with Crippen molar-refractivity contribution in [3.8, 4) is 0 Å². The number of carbonyl (C=O) groups is 1. The minimum Gasteiger partial charge on any atom is -0.389 e. The van der Waals surface area contributed by atoms with Crippen LogP contribution < -0.4 is 11.1 Å². The second-order valence-corrected chi connectivity index (χ2v) is 4.06. The van der Waals surface area contributed by atoms with Gasteiger partial charge in [-0.25, -0.2) is 0 Å². The van der Waals surface area contributed by atoms with Crippen molar-refractivity contribution in [2.75, 3.05) is 19.8 Å². The summed E-state index contributed by atoms with van der Waals surface area (Å²) in [5.74, 6) is -0.339. The number of carbonyl (C=O) groups excluding carboxylic acids is 1. The second kappa shape index (κ2) is 9.57. The number of unbranched alkanes of at least 4 members (excludes halogenated alkanes) is 1. The minimum absolute atomic E-state index is 0.0113. The van der Waals surface area contributed by atoms with Gasteiger partial charge in [0.1, 0.15) is 0 Å². The fraction of sp³-hybridized carbons (Fsp3) is 0.909. The molecule has 2 unspecified atom stereocenters. The van der Waals surface area contributed by atoms with E-state index < -0.39 is 6.10 Å². The predicted molar refractivity (Wildman–Crippen MR) is 63.0 cm³/mol. The van der Waals surface area contributed by atoms with Gasteiger partial charge in [0.05, 0.1) is 12.7 Å². The van der Waals surface area contributed by atoms with Crippen molar-refractivity contribution in [2.24, 2.45) is 5.73 Å². The molecule has 0 saturated carbocycles. The molecule has 0 bridgehead atoms. The summed E-state index contributed by atoms with van der Waals surface area (Å²) >= 11 is 0. The highest BCUT2D eigenvalue weighted by atomic mass is 16.5. The molecule has 0 radical (unpaired) electrons. The molecule has 0 aliphatic heterocycles. The predicted octanol–water partition coefficient (Wildman–Crippen LogP) is 0.0175. The van der Waals surface area contributed by atoms with Crippen molar-refractivity contribution in [3.63, 3.8) is 0 Å². The van der Waals surface area contributed by atoms with E-state index in [0.717, 1.165) is 12.8 Å². The lowest BCUT2D eigenvalue weighted by molar-refractivity contribution is -0.118. The fourth-order valence-electron chi connectivity index (χ4n) is 1.24. The van der Waals surface area contributed by atoms with Gasteiger partial charge in [0.2, 0.25) is 5.91 Å². The lowest BCUT2D eigenvalue weighted by Crippen LogP contribution is -2.38. The molecule has 0 aliphatic rings. The summed E-state index contributed by atoms with van der Waals surface area (Å²) in [4.78, 5) is 10.6. The largest absolute Gasteiger partial charge is 0.389 e. The first-order valence-electron chi connectivity index (χ1n) is 5.83. The normalized spacial score (nSPS) is 14.7. The third-order valence-electron chi connectivity index (χ3n) is 2.16. The van der Waals surface area contributed by atoms with Crippen molar-refractivity contribution in [3.05, 3.63) is 0 Å². The van der Waals surface area contributed by atoms with E-state index in [1.807, 2.05) is 6.92 Å². The number of aliphatic hydroxyl groups excluding tert-OH is 1. The Bertz CT molecular complexity index is 188. The Kier molecular flexibility index (Phi) is 9.18. The Morgan fingerprint density at radius 2 is 2.25 bits per heavy atom. The Hall–Kier alpha value is -0.650. The quantitative estimate of drug-likeness (QED) is 0.463. The van der Waals surface area contributed by atoms with Crippen molar-refractivity contribution in [1.82, 2.24) is 5.32 Å². The van der Waals surface area contributed by atoms with Crippen LogP contribution >= 0.6 is 0 Å². The van der Waals surface area contributed by atoms with E-state index in [0.29, 0.717) is 19.8 Å². The lowest BCUT2D eigenvalue weighted by atomic mass is 10.2. The highest BCUT2D eigenvalue weighted by Gasteiger charge is 2.08. The Balaban J connectivity index is 3.41. The van der Waals surface area contributed by atoms with E-state index in [-0.39, 0.29) is 18.4 Å². The molecule has 0 aromatic heterocycles. The summed E-state index contributed by atoms with van der Waals surface area (Å²) in [6.07, 6.45) is 1.85. The molecular weight excluding hydrogens is 208 g/mol. The smallest absolute Gasteiger partial charge is 0.218 e. The van der Waals surface area contributed by atoms with Crippen LogP contribution in [0.2, 0.25) is 0 Å². The summed E-state index contributed by atoms with van der Waals surface area (Å²) in [6, 6.07) is -0.0113. The van der Waals surface area contributed by atoms with Crippen LogP contribution in [0.3, 0.4) is 0 Å². The molecule has 0 saturated heterocycles. The maximum Gasteiger partial charge on any atom is 0.218 e. The summed E-state index contributed by atoms with van der Waals surface area (Å²) in [5, 5.41) is 12.6. The number of aliphatic hydroxyl groups is 1. The van der Waals surface area contributed by atoms with Crippen LogP contribution in [-0.4, -0.2) is 42.9 Å². The van der Waals surface area contributed by atoms with Gasteiger partial charge in [0, 0.05) is 25.6 Å². The van der Waals surface area contributed by atoms with E-state index in [1.54, 1.807) is 0 Å². The number of primary amides is 1. The van der Waals surface area contributed by atoms with Gasteiger partial charge in [-0.2, -0.15) is 0 Å². The van der Waals surface area contributed by atoms with E-state index in [4.69, 9.17) is 10.5 Å². The van der Waals surface area contributed by atoms with E-state index in [1.165, 1.54) is 0 Å². The van der Waals surface area contributed by atoms with Gasteiger partial charge >= 0.3 is 0 Å². The number of hydrogen-bond acceptors (Lipinski definition) is 4. The molecule has 16 heavy (non-hydrogen) atoms. The highest BCUT2D eigenvalue weighted by molar-refractivity contribution is 5.74. The zero-order valence-corrected chi connectivity index (χ0v) is 10.2. The van der Waals surface area contributed by atoms with Gasteiger partial charge in [-0.3, -0.25) is 4.79 Å². The monoisotopic (exact) mass is 232 g/mol. The van der Waals surface area contributed by atoms with Gasteiger partial charge in [-0.1, -0.05) is 13.3 Å². The second-order valence-electron chi connectivity index (χ2n) is 4.06. The summed E-state index contributed by atoms with van der Waals surface area (Å²) in [7, 11) is 0. The molecule has 0 aliphatic carbocycles. The lowest BCUT2D eigenvalue weighted by Gasteiger charge is -2.16. The number of nitrogens with two attached hydrogens (primary N) is 1. The molecule has 0 aromatic carbocycles. The summed E-state index contributed by atoms with van der Waals surface area (Å²) in [6.45, 7) is 5.38. The van der Waals surface area contributed by atoms with E-state index in [9.17, 15) is 9.90 Å². The zero-order chi connectivity index (χ0) is 12.4. The first-order valence-corrected chi connectivity index (χ1v) is 5.83. The topological polar surface area (TPSA) is 84.6 Å². The number of ether oxygens (including phenoxy) is 1. The zero-order valence-electron chi connectivity index (χ0n) is 10.2. The van der Waals surface area contributed by atoms with Crippen LogP contribution in [0.25, 0.3) is 0 Å². The molecule has 96 valence electrons. The van der Waals surface area contributed by atoms with Crippen LogP contribution in [0.5, 0.6) is 0 Å². The maximum atomic E-state index is 10.6. The number of amides is 1. The molecular formula is C11H24N2O3. The third kappa shape index (κ3) is 9.89. The SMILES string of the molecule is CCCCOCC(O)CNC(C)CC(N)=O. The van der Waals surface area contributed by atoms with Gasteiger partial charge in [0.25, 0.3) is 0 Å². The molecule has 2 atom stereocenters. The molecule has 0 fully saturated rings. The third-order valence-corrected chi connectivity index (χ3v) is 2.16. The van der Waals surface area contributed by atoms with Gasteiger partial charge in [-0.15, -0.1) is 0 Å². The Labute approximate surface area is 97.3 Å². The van der Waals surface area contributed by atoms with Crippen LogP contribution in [0.1, 0.15) is 33.1 Å². The van der Waals surface area contributed by atoms with Crippen molar-refractivity contribution in [1.29, 1.82) is 0 Å². The van der Waals surface area contributed by atoms with Crippen molar-refractivity contribution in [2.45, 2.75) is 45.3 Å². The van der Waals surface area contributed by atoms with Crippen LogP contribution in [-0.2, 0) is 9.53 Å². The minimum atomic E-state index is -0.535. The molecule has 1 amide bonds. The van der Waals surface area contributed by atoms with E-state index >= 15 is 0 Å². The van der Waals surface area contributed by atoms with E-state index in [2.05, 4.69) is 12.2 Å². The highest BCUT2D eigenvalue weighted by Crippen LogP contribution is 1.93. The maximum absolute atomic E-state index is 10.6. The van der Waals surface area contributed by atoms with Gasteiger partial charge < -0.3 is 20.9 Å². The summed E-state index contributed by atoms with van der Waals surface area (Å²) < 4.78 is 5.27. The Morgan fingerprint density at radius 3 is 2.81 bits per heavy atom. The molecule has 0 spiro atoms. The standard InChI is InChI=1S/C11H24N2O3/c1-3-4-5-16-8-10(14)7-13-9(2)6-11(12)15/h9-10,13-14H,3-8H2,1-2H3,(H2,12,15). The molecule has 5 nitrogen and oxygen atoms in total. The first kappa shape index (κ1) is 15.3. The first-order chi connectivity index (χ1) is 7.56. The number of nitrogens with one attached hydrogen (secondary N) is 1. The molecule has 0 rings (SSSR count). The van der Waals surface area contributed by atoms with Crippen molar-refractivity contribution < 1.29 is 14.6 Å². The van der Waals surface area contributed by atoms with Gasteiger partial charge in [0.15, 0.2) is 0 Å². The average molecular weight is 232 g/mol. The van der Waals surface area contributed by atoms with Crippen LogP contribution in [0.4, 0.5) is 0 Å². The number of hydrogen-bond donors (Lipinski definition) is 3. The Morgan fingerprint density at radius 1 is 1.56 bits per heavy atom. The molecule has 4 N–H and O–H groups in total. The molecule has 0 heterocycles. The van der Waals surface area contributed by atoms with Gasteiger partial charge in [-0.05, 0) is 13.3 Å².